The zero-order valence-corrected chi connectivity index (χ0v) is 15.0. The van der Waals surface area contributed by atoms with Crippen molar-refractivity contribution in [2.24, 2.45) is 0 Å². The van der Waals surface area contributed by atoms with E-state index in [0.717, 1.165) is 10.9 Å². The Morgan fingerprint density at radius 3 is 2.93 bits per heavy atom. The zero-order chi connectivity index (χ0) is 19.9. The lowest BCUT2D eigenvalue weighted by molar-refractivity contribution is -0.108. The molecule has 0 spiro atoms. The molecule has 0 aliphatic carbocycles. The first-order valence-electron chi connectivity index (χ1n) is 8.46. The van der Waals surface area contributed by atoms with Gasteiger partial charge in [-0.1, -0.05) is 12.2 Å². The molecule has 2 heterocycles. The number of benzene rings is 1. The summed E-state index contributed by atoms with van der Waals surface area (Å²) in [5.41, 5.74) is 1.22. The second-order valence-electron chi connectivity index (χ2n) is 5.82. The number of ether oxygens (including phenoxy) is 1. The average Bonchev–Trinajstić information content (AvgIpc) is 2.68. The van der Waals surface area contributed by atoms with E-state index in [0.29, 0.717) is 29.7 Å². The minimum atomic E-state index is -0.584. The van der Waals surface area contributed by atoms with Crippen molar-refractivity contribution >= 4 is 17.4 Å². The zero-order valence-electron chi connectivity index (χ0n) is 15.0. The van der Waals surface area contributed by atoms with Crippen molar-refractivity contribution in [3.63, 3.8) is 0 Å². The molecule has 0 saturated heterocycles. The van der Waals surface area contributed by atoms with Crippen molar-refractivity contribution in [1.82, 2.24) is 10.3 Å². The van der Waals surface area contributed by atoms with Crippen LogP contribution in [0, 0.1) is 12.7 Å². The maximum Gasteiger partial charge on any atom is 0.340 e. The number of aryl methyl sites for hydroxylation is 1. The predicted molar refractivity (Wildman–Crippen MR) is 103 cm³/mol. The normalized spacial score (nSPS) is 11.4. The fraction of sp³-hybridized carbons (Fsp3) is 0.0952. The molecule has 0 saturated carbocycles. The minimum Gasteiger partial charge on any atom is -0.436 e. The number of aromatic nitrogens is 1. The molecule has 0 bridgehead atoms. The Labute approximate surface area is 160 Å². The van der Waals surface area contributed by atoms with Crippen molar-refractivity contribution in [1.29, 1.82) is 0 Å². The molecule has 0 radical (unpaired) electrons. The lowest BCUT2D eigenvalue weighted by atomic mass is 10.0. The van der Waals surface area contributed by atoms with Crippen LogP contribution in [0.3, 0.4) is 0 Å². The van der Waals surface area contributed by atoms with Crippen molar-refractivity contribution < 1.29 is 18.3 Å². The average molecular weight is 380 g/mol. The van der Waals surface area contributed by atoms with Gasteiger partial charge in [0.15, 0.2) is 5.82 Å². The first-order chi connectivity index (χ1) is 13.6. The maximum absolute atomic E-state index is 13.7. The summed E-state index contributed by atoms with van der Waals surface area (Å²) in [7, 11) is 0. The van der Waals surface area contributed by atoms with E-state index in [1.54, 1.807) is 30.4 Å². The number of halogens is 1. The molecule has 1 aromatic carbocycles. The second-order valence-corrected chi connectivity index (χ2v) is 5.82. The summed E-state index contributed by atoms with van der Waals surface area (Å²) < 4.78 is 24.6. The molecule has 28 heavy (non-hydrogen) atoms. The molecule has 1 amide bonds. The number of amides is 1. The van der Waals surface area contributed by atoms with Gasteiger partial charge in [-0.25, -0.2) is 14.2 Å². The molecule has 142 valence electrons. The van der Waals surface area contributed by atoms with E-state index in [2.05, 4.69) is 10.3 Å². The lowest BCUT2D eigenvalue weighted by Crippen LogP contribution is -2.09. The number of hydrogen-bond donors (Lipinski definition) is 1. The van der Waals surface area contributed by atoms with E-state index in [1.807, 2.05) is 6.92 Å². The second kappa shape index (κ2) is 8.77. The largest absolute Gasteiger partial charge is 0.436 e. The Morgan fingerprint density at radius 1 is 1.29 bits per heavy atom. The van der Waals surface area contributed by atoms with Crippen LogP contribution in [-0.4, -0.2) is 11.4 Å². The van der Waals surface area contributed by atoms with Crippen LogP contribution in [0.1, 0.15) is 11.1 Å². The van der Waals surface area contributed by atoms with Gasteiger partial charge in [0.1, 0.15) is 11.3 Å². The van der Waals surface area contributed by atoms with Crippen LogP contribution >= 0.6 is 0 Å². The number of carbonyl (C=O) groups excluding carboxylic acids is 1. The third-order valence-corrected chi connectivity index (χ3v) is 4.03. The molecule has 0 aliphatic heterocycles. The maximum atomic E-state index is 13.7. The number of allylic oxidation sites excluding steroid dienone is 3. The van der Waals surface area contributed by atoms with E-state index in [-0.39, 0.29) is 5.88 Å². The summed E-state index contributed by atoms with van der Waals surface area (Å²) in [4.78, 5) is 26.3. The van der Waals surface area contributed by atoms with Crippen molar-refractivity contribution in [3.8, 4) is 11.6 Å². The van der Waals surface area contributed by atoms with Crippen LogP contribution in [0.5, 0.6) is 11.6 Å². The van der Waals surface area contributed by atoms with Crippen LogP contribution in [-0.2, 0) is 11.2 Å². The number of rotatable bonds is 7. The number of hydrogen-bond acceptors (Lipinski definition) is 5. The summed E-state index contributed by atoms with van der Waals surface area (Å²) in [6, 6.07) is 7.67. The third kappa shape index (κ3) is 4.32. The SMILES string of the molecule is Cc1c(C/C=C\C=C/NC=O)c(=O)oc2cc(Oc3ncccc3F)ccc12. The number of nitrogens with zero attached hydrogens (tertiary/aromatic N) is 1. The Kier molecular flexibility index (Phi) is 5.96. The molecule has 0 aliphatic rings. The quantitative estimate of drug-likeness (QED) is 0.383. The molecule has 7 heteroatoms. The predicted octanol–water partition coefficient (Wildman–Crippen LogP) is 3.79. The minimum absolute atomic E-state index is 0.153. The highest BCUT2D eigenvalue weighted by Gasteiger charge is 2.12. The number of nitrogens with one attached hydrogen (secondary N) is 1. The van der Waals surface area contributed by atoms with E-state index in [9.17, 15) is 14.0 Å². The third-order valence-electron chi connectivity index (χ3n) is 4.03. The van der Waals surface area contributed by atoms with Gasteiger partial charge in [0.2, 0.25) is 6.41 Å². The molecule has 3 aromatic rings. The molecule has 0 atom stereocenters. The van der Waals surface area contributed by atoms with Crippen molar-refractivity contribution in [2.45, 2.75) is 13.3 Å². The highest BCUT2D eigenvalue weighted by molar-refractivity contribution is 5.82. The summed E-state index contributed by atoms with van der Waals surface area (Å²) in [6.45, 7) is 1.84. The van der Waals surface area contributed by atoms with Gasteiger partial charge >= 0.3 is 5.63 Å². The number of carbonyl (C=O) groups is 1. The van der Waals surface area contributed by atoms with E-state index in [1.165, 1.54) is 30.6 Å². The van der Waals surface area contributed by atoms with Gasteiger partial charge in [0.25, 0.3) is 5.88 Å². The van der Waals surface area contributed by atoms with Gasteiger partial charge in [-0.05, 0) is 49.2 Å². The van der Waals surface area contributed by atoms with Crippen molar-refractivity contribution in [2.75, 3.05) is 0 Å². The Hall–Kier alpha value is -3.74. The molecular formula is C21H17FN2O4. The highest BCUT2D eigenvalue weighted by Crippen LogP contribution is 2.27. The van der Waals surface area contributed by atoms with Crippen molar-refractivity contribution in [3.05, 3.63) is 88.3 Å². The summed E-state index contributed by atoms with van der Waals surface area (Å²) in [5.74, 6) is -0.423. The molecule has 3 rings (SSSR count). The molecular weight excluding hydrogens is 363 g/mol. The summed E-state index contributed by atoms with van der Waals surface area (Å²) in [5, 5.41) is 3.15. The van der Waals surface area contributed by atoms with Gasteiger partial charge in [-0.3, -0.25) is 4.79 Å². The molecule has 0 fully saturated rings. The molecule has 6 nitrogen and oxygen atoms in total. The number of fused-ring (bicyclic) bond motifs is 1. The van der Waals surface area contributed by atoms with Gasteiger partial charge in [0.05, 0.1) is 0 Å². The first-order valence-corrected chi connectivity index (χ1v) is 8.46. The molecule has 2 aromatic heterocycles. The van der Waals surface area contributed by atoms with E-state index >= 15 is 0 Å². The molecule has 0 unspecified atom stereocenters. The van der Waals surface area contributed by atoms with Crippen LogP contribution in [0.4, 0.5) is 4.39 Å². The first kappa shape index (κ1) is 19.0. The Morgan fingerprint density at radius 2 is 2.14 bits per heavy atom. The van der Waals surface area contributed by atoms with Gasteiger partial charge in [-0.2, -0.15) is 0 Å². The monoisotopic (exact) mass is 380 g/mol. The van der Waals surface area contributed by atoms with Gasteiger partial charge in [-0.15, -0.1) is 0 Å². The number of pyridine rings is 1. The standard InChI is InChI=1S/C21H17FN2O4/c1-14-16-9-8-15(27-20-18(22)7-5-11-24-20)12-19(16)28-21(26)17(14)6-3-2-4-10-23-13-25/h2-5,7-13H,6H2,1H3,(H,23,25)/b3-2-,10-4-. The van der Waals surface area contributed by atoms with Crippen LogP contribution in [0.2, 0.25) is 0 Å². The fourth-order valence-corrected chi connectivity index (χ4v) is 2.65. The Bertz CT molecular complexity index is 1120. The van der Waals surface area contributed by atoms with Gasteiger partial charge in [0, 0.05) is 29.4 Å². The fourth-order valence-electron chi connectivity index (χ4n) is 2.65. The van der Waals surface area contributed by atoms with Crippen LogP contribution in [0.15, 0.2) is 70.2 Å². The smallest absolute Gasteiger partial charge is 0.340 e. The van der Waals surface area contributed by atoms with E-state index in [4.69, 9.17) is 9.15 Å². The summed E-state index contributed by atoms with van der Waals surface area (Å²) >= 11 is 0. The topological polar surface area (TPSA) is 81.4 Å². The van der Waals surface area contributed by atoms with Crippen LogP contribution < -0.4 is 15.7 Å². The van der Waals surface area contributed by atoms with Gasteiger partial charge < -0.3 is 14.5 Å². The lowest BCUT2D eigenvalue weighted by Gasteiger charge is -2.09. The summed E-state index contributed by atoms with van der Waals surface area (Å²) in [6.07, 6.45) is 9.00. The van der Waals surface area contributed by atoms with E-state index < -0.39 is 11.4 Å². The van der Waals surface area contributed by atoms with Crippen LogP contribution in [0.25, 0.3) is 11.0 Å². The molecule has 1 N–H and O–H groups in total. The highest BCUT2D eigenvalue weighted by atomic mass is 19.1. The Balaban J connectivity index is 1.87.